The molecule has 0 saturated carbocycles. The van der Waals surface area contributed by atoms with Gasteiger partial charge in [-0.15, -0.1) is 24.0 Å². The van der Waals surface area contributed by atoms with Crippen molar-refractivity contribution in [3.05, 3.63) is 23.8 Å². The molecule has 1 rings (SSSR count). The van der Waals surface area contributed by atoms with E-state index in [4.69, 9.17) is 9.47 Å². The van der Waals surface area contributed by atoms with Gasteiger partial charge in [-0.05, 0) is 37.0 Å². The SMILES string of the molecule is CCNC(=NCc1ccc(OC)c(OC(F)F)c1)NCCOCCC(C)C.I. The molecule has 9 heteroatoms. The predicted molar refractivity (Wildman–Crippen MR) is 118 cm³/mol. The average Bonchev–Trinajstić information content (AvgIpc) is 2.61. The number of benzene rings is 1. The molecule has 0 aromatic heterocycles. The van der Waals surface area contributed by atoms with Crippen molar-refractivity contribution in [3.63, 3.8) is 0 Å². The molecule has 0 unspecified atom stereocenters. The minimum Gasteiger partial charge on any atom is -0.493 e. The topological polar surface area (TPSA) is 64.1 Å². The number of nitrogens with zero attached hydrogens (tertiary/aromatic N) is 1. The summed E-state index contributed by atoms with van der Waals surface area (Å²) in [6.07, 6.45) is 1.04. The van der Waals surface area contributed by atoms with Gasteiger partial charge in [0.1, 0.15) is 0 Å². The van der Waals surface area contributed by atoms with E-state index >= 15 is 0 Å². The summed E-state index contributed by atoms with van der Waals surface area (Å²) in [7, 11) is 1.40. The zero-order valence-corrected chi connectivity index (χ0v) is 19.3. The molecule has 0 atom stereocenters. The van der Waals surface area contributed by atoms with Crippen LogP contribution in [0.5, 0.6) is 11.5 Å². The Labute approximate surface area is 183 Å². The Morgan fingerprint density at radius 2 is 1.89 bits per heavy atom. The van der Waals surface area contributed by atoms with Crippen molar-refractivity contribution in [1.82, 2.24) is 10.6 Å². The third kappa shape index (κ3) is 11.5. The van der Waals surface area contributed by atoms with E-state index in [2.05, 4.69) is 34.2 Å². The fraction of sp³-hybridized carbons (Fsp3) is 0.632. The number of aliphatic imine (C=N–C) groups is 1. The van der Waals surface area contributed by atoms with Crippen LogP contribution in [0.15, 0.2) is 23.2 Å². The number of methoxy groups -OCH3 is 1. The number of nitrogens with one attached hydrogen (secondary N) is 2. The highest BCUT2D eigenvalue weighted by atomic mass is 127. The minimum atomic E-state index is -2.91. The van der Waals surface area contributed by atoms with Crippen molar-refractivity contribution in [3.8, 4) is 11.5 Å². The fourth-order valence-corrected chi connectivity index (χ4v) is 2.18. The second-order valence-corrected chi connectivity index (χ2v) is 6.28. The normalized spacial score (nSPS) is 11.4. The van der Waals surface area contributed by atoms with E-state index in [1.54, 1.807) is 12.1 Å². The van der Waals surface area contributed by atoms with Crippen LogP contribution >= 0.6 is 24.0 Å². The van der Waals surface area contributed by atoms with Gasteiger partial charge in [-0.1, -0.05) is 19.9 Å². The van der Waals surface area contributed by atoms with Gasteiger partial charge in [-0.25, -0.2) is 4.99 Å². The number of hydrogen-bond donors (Lipinski definition) is 2. The first-order valence-corrected chi connectivity index (χ1v) is 9.17. The van der Waals surface area contributed by atoms with E-state index in [9.17, 15) is 8.78 Å². The average molecular weight is 515 g/mol. The molecule has 0 amide bonds. The number of ether oxygens (including phenoxy) is 3. The van der Waals surface area contributed by atoms with Crippen LogP contribution in [0.4, 0.5) is 8.78 Å². The van der Waals surface area contributed by atoms with Crippen LogP contribution < -0.4 is 20.1 Å². The molecule has 1 aromatic rings. The van der Waals surface area contributed by atoms with Crippen LogP contribution in [0.1, 0.15) is 32.8 Å². The Morgan fingerprint density at radius 1 is 1.14 bits per heavy atom. The van der Waals surface area contributed by atoms with Crippen molar-refractivity contribution < 1.29 is 23.0 Å². The summed E-state index contributed by atoms with van der Waals surface area (Å²) in [4.78, 5) is 4.46. The Balaban J connectivity index is 0.00000729. The molecule has 1 aromatic carbocycles. The summed E-state index contributed by atoms with van der Waals surface area (Å²) in [6.45, 7) is 6.37. The number of alkyl halides is 2. The van der Waals surface area contributed by atoms with Crippen LogP contribution in [0.2, 0.25) is 0 Å². The molecule has 2 N–H and O–H groups in total. The van der Waals surface area contributed by atoms with Crippen molar-refractivity contribution in [2.24, 2.45) is 10.9 Å². The van der Waals surface area contributed by atoms with Crippen molar-refractivity contribution >= 4 is 29.9 Å². The Bertz CT molecular complexity index is 575. The lowest BCUT2D eigenvalue weighted by Gasteiger charge is -2.13. The summed E-state index contributed by atoms with van der Waals surface area (Å²) in [5, 5.41) is 6.33. The van der Waals surface area contributed by atoms with Gasteiger partial charge in [0.05, 0.1) is 20.3 Å². The summed E-state index contributed by atoms with van der Waals surface area (Å²) >= 11 is 0. The lowest BCUT2D eigenvalue weighted by Crippen LogP contribution is -2.39. The van der Waals surface area contributed by atoms with E-state index in [1.165, 1.54) is 13.2 Å². The van der Waals surface area contributed by atoms with Gasteiger partial charge in [0.15, 0.2) is 17.5 Å². The van der Waals surface area contributed by atoms with E-state index in [1.807, 2.05) is 6.92 Å². The highest BCUT2D eigenvalue weighted by molar-refractivity contribution is 14.0. The molecule has 6 nitrogen and oxygen atoms in total. The largest absolute Gasteiger partial charge is 0.493 e. The summed E-state index contributed by atoms with van der Waals surface area (Å²) in [5.41, 5.74) is 0.733. The van der Waals surface area contributed by atoms with Gasteiger partial charge in [0.2, 0.25) is 0 Å². The molecule has 28 heavy (non-hydrogen) atoms. The molecule has 0 saturated heterocycles. The molecule has 162 valence electrons. The minimum absolute atomic E-state index is 0. The van der Waals surface area contributed by atoms with Gasteiger partial charge in [-0.3, -0.25) is 0 Å². The van der Waals surface area contributed by atoms with Crippen molar-refractivity contribution in [1.29, 1.82) is 0 Å². The molecule has 0 aliphatic heterocycles. The maximum Gasteiger partial charge on any atom is 0.387 e. The smallest absolute Gasteiger partial charge is 0.387 e. The van der Waals surface area contributed by atoms with Crippen LogP contribution in [-0.2, 0) is 11.3 Å². The number of halogens is 3. The van der Waals surface area contributed by atoms with E-state index < -0.39 is 6.61 Å². The second kappa shape index (κ2) is 15.5. The molecular weight excluding hydrogens is 483 g/mol. The zero-order chi connectivity index (χ0) is 20.1. The first-order valence-electron chi connectivity index (χ1n) is 9.17. The summed E-state index contributed by atoms with van der Waals surface area (Å²) in [5.74, 6) is 1.51. The summed E-state index contributed by atoms with van der Waals surface area (Å²) in [6, 6.07) is 4.86. The lowest BCUT2D eigenvalue weighted by molar-refractivity contribution is -0.0512. The van der Waals surface area contributed by atoms with Gasteiger partial charge in [0, 0.05) is 19.7 Å². The highest BCUT2D eigenvalue weighted by Crippen LogP contribution is 2.29. The van der Waals surface area contributed by atoms with Crippen molar-refractivity contribution in [2.45, 2.75) is 40.3 Å². The van der Waals surface area contributed by atoms with E-state index in [-0.39, 0.29) is 35.5 Å². The zero-order valence-electron chi connectivity index (χ0n) is 17.0. The fourth-order valence-electron chi connectivity index (χ4n) is 2.18. The molecule has 0 heterocycles. The number of hydrogen-bond acceptors (Lipinski definition) is 4. The van der Waals surface area contributed by atoms with Gasteiger partial charge in [-0.2, -0.15) is 8.78 Å². The Hall–Kier alpha value is -1.36. The maximum atomic E-state index is 12.5. The van der Waals surface area contributed by atoms with Gasteiger partial charge in [0.25, 0.3) is 0 Å². The van der Waals surface area contributed by atoms with E-state index in [0.717, 1.165) is 18.6 Å². The molecule has 0 aliphatic rings. The predicted octanol–water partition coefficient (Wildman–Crippen LogP) is 4.03. The van der Waals surface area contributed by atoms with Crippen molar-refractivity contribution in [2.75, 3.05) is 33.4 Å². The number of rotatable bonds is 12. The molecule has 0 bridgehead atoms. The lowest BCUT2D eigenvalue weighted by atomic mass is 10.1. The first-order chi connectivity index (χ1) is 13.0. The molecule has 0 aliphatic carbocycles. The Morgan fingerprint density at radius 3 is 2.50 bits per heavy atom. The third-order valence-corrected chi connectivity index (χ3v) is 3.59. The number of guanidine groups is 1. The monoisotopic (exact) mass is 515 g/mol. The Kier molecular flexibility index (Phi) is 14.8. The molecular formula is C19H32F2IN3O3. The third-order valence-electron chi connectivity index (χ3n) is 3.59. The molecule has 0 spiro atoms. The maximum absolute atomic E-state index is 12.5. The van der Waals surface area contributed by atoms with Gasteiger partial charge >= 0.3 is 6.61 Å². The first kappa shape index (κ1) is 26.6. The summed E-state index contributed by atoms with van der Waals surface area (Å²) < 4.78 is 40.1. The van der Waals surface area contributed by atoms with Crippen LogP contribution in [0.25, 0.3) is 0 Å². The van der Waals surface area contributed by atoms with Gasteiger partial charge < -0.3 is 24.8 Å². The van der Waals surface area contributed by atoms with E-state index in [0.29, 0.717) is 38.1 Å². The molecule has 0 fully saturated rings. The van der Waals surface area contributed by atoms with Crippen LogP contribution in [0, 0.1) is 5.92 Å². The van der Waals surface area contributed by atoms with Crippen LogP contribution in [-0.4, -0.2) is 46.0 Å². The second-order valence-electron chi connectivity index (χ2n) is 6.28. The molecule has 0 radical (unpaired) electrons. The highest BCUT2D eigenvalue weighted by Gasteiger charge is 2.11. The van der Waals surface area contributed by atoms with Crippen LogP contribution in [0.3, 0.4) is 0 Å². The standard InChI is InChI=1S/C19H31F2N3O3.HI/c1-5-22-19(23-9-11-26-10-8-14(2)3)24-13-15-6-7-16(25-4)17(12-15)27-18(20)21;/h6-7,12,14,18H,5,8-11,13H2,1-4H3,(H2,22,23,24);1H. The quantitative estimate of drug-likeness (QED) is 0.191.